The van der Waals surface area contributed by atoms with Crippen LogP contribution in [-0.4, -0.2) is 5.71 Å². The van der Waals surface area contributed by atoms with Crippen LogP contribution in [-0.2, 0) is 76.2 Å². The number of aryl methyl sites for hydroxylation is 2. The van der Waals surface area contributed by atoms with E-state index in [1.807, 2.05) is 0 Å². The standard InChI is InChI=1S/C40H38ClN2.2Y/c1-24-10-16-30-28(22-24)12-18-32-36(30)39(3,4)34(42-32)20-14-26-8-7-9-27(38(26)41)15-21-35-40(5,6)37-31-17-11-25(2)23-29(31)13-19-33(37)43-35;;/h10-23H,7-9H2,1-6H3;;/q-1;;. The number of fused-ring (bicyclic) bond motifs is 6. The topological polar surface area (TPSA) is 26.5 Å². The maximum atomic E-state index is 7.09. The molecule has 0 aromatic heterocycles. The molecule has 4 aromatic carbocycles. The van der Waals surface area contributed by atoms with Gasteiger partial charge in [-0.1, -0.05) is 123 Å². The number of nitrogens with zero attached hydrogens (tertiary/aromatic N) is 2. The van der Waals surface area contributed by atoms with E-state index in [1.54, 1.807) is 0 Å². The third kappa shape index (κ3) is 6.09. The minimum atomic E-state index is -0.182. The molecular weight excluding hydrogens is 722 g/mol. The predicted molar refractivity (Wildman–Crippen MR) is 186 cm³/mol. The van der Waals surface area contributed by atoms with Crippen molar-refractivity contribution in [1.82, 2.24) is 0 Å². The molecular formula is C40H38ClN2Y2-. The summed E-state index contributed by atoms with van der Waals surface area (Å²) in [6.45, 7) is 13.4. The van der Waals surface area contributed by atoms with Crippen molar-refractivity contribution in [2.75, 3.05) is 0 Å². The molecule has 2 aliphatic heterocycles. The first kappa shape index (κ1) is 34.7. The van der Waals surface area contributed by atoms with Crippen molar-refractivity contribution in [2.45, 2.75) is 71.6 Å². The Hall–Kier alpha value is -1.67. The summed E-state index contributed by atoms with van der Waals surface area (Å²) in [6.07, 6.45) is 11.8. The molecule has 0 amide bonds. The van der Waals surface area contributed by atoms with Gasteiger partial charge in [-0.3, -0.25) is 4.99 Å². The van der Waals surface area contributed by atoms with Gasteiger partial charge in [0.2, 0.25) is 0 Å². The van der Waals surface area contributed by atoms with Gasteiger partial charge in [-0.05, 0) is 94.5 Å². The molecule has 0 fully saturated rings. The van der Waals surface area contributed by atoms with Crippen LogP contribution in [0.1, 0.15) is 69.2 Å². The molecule has 0 saturated carbocycles. The van der Waals surface area contributed by atoms with Crippen LogP contribution >= 0.6 is 11.6 Å². The van der Waals surface area contributed by atoms with Crippen LogP contribution in [0.25, 0.3) is 26.9 Å². The van der Waals surface area contributed by atoms with Gasteiger partial charge >= 0.3 is 0 Å². The van der Waals surface area contributed by atoms with Crippen molar-refractivity contribution >= 4 is 50.2 Å². The summed E-state index contributed by atoms with van der Waals surface area (Å²) < 4.78 is 0. The van der Waals surface area contributed by atoms with Crippen molar-refractivity contribution in [3.63, 3.8) is 0 Å². The fraction of sp³-hybridized carbons (Fsp3) is 0.275. The van der Waals surface area contributed by atoms with Crippen molar-refractivity contribution in [3.8, 4) is 0 Å². The van der Waals surface area contributed by atoms with Gasteiger partial charge in [-0.15, -0.1) is 11.4 Å². The fourth-order valence-electron chi connectivity index (χ4n) is 7.23. The van der Waals surface area contributed by atoms with E-state index in [2.05, 4.69) is 127 Å². The summed E-state index contributed by atoms with van der Waals surface area (Å²) in [5.74, 6) is 0. The third-order valence-electron chi connectivity index (χ3n) is 9.66. The molecule has 1 aliphatic carbocycles. The minimum absolute atomic E-state index is 0. The van der Waals surface area contributed by atoms with Crippen LogP contribution in [0.2, 0.25) is 0 Å². The van der Waals surface area contributed by atoms with E-state index in [0.717, 1.165) is 47.1 Å². The summed E-state index contributed by atoms with van der Waals surface area (Å²) in [4.78, 5) is 5.08. The molecule has 222 valence electrons. The maximum Gasteiger partial charge on any atom is 0.0681 e. The van der Waals surface area contributed by atoms with Crippen LogP contribution in [0, 0.1) is 13.8 Å². The quantitative estimate of drug-likeness (QED) is 0.199. The number of allylic oxidation sites excluding steroid dienone is 8. The SMILES string of the molecule is Cc1ccc2c3c(ccc2c1)N=C(C=CC1=C(Cl)C(=CC=C2[N-]c4ccc5cc(C)ccc5c4C2(C)C)CCC1)C3(C)C.[Y].[Y]. The van der Waals surface area contributed by atoms with Gasteiger partial charge in [0.25, 0.3) is 0 Å². The smallest absolute Gasteiger partial charge is 0.0681 e. The van der Waals surface area contributed by atoms with Crippen LogP contribution in [0.4, 0.5) is 11.4 Å². The zero-order chi connectivity index (χ0) is 30.1. The molecule has 0 atom stereocenters. The van der Waals surface area contributed by atoms with E-state index < -0.39 is 0 Å². The molecule has 3 aliphatic rings. The second kappa shape index (κ2) is 13.1. The van der Waals surface area contributed by atoms with Gasteiger partial charge in [-0.25, -0.2) is 0 Å². The summed E-state index contributed by atoms with van der Waals surface area (Å²) in [5, 5.41) is 11.1. The van der Waals surface area contributed by atoms with Crippen molar-refractivity contribution < 1.29 is 65.4 Å². The Morgan fingerprint density at radius 3 is 2.07 bits per heavy atom. The van der Waals surface area contributed by atoms with Crippen LogP contribution in [0.5, 0.6) is 0 Å². The Bertz CT molecular complexity index is 2010. The number of benzene rings is 4. The third-order valence-corrected chi connectivity index (χ3v) is 10.1. The summed E-state index contributed by atoms with van der Waals surface area (Å²) in [7, 11) is 0. The van der Waals surface area contributed by atoms with Crippen molar-refractivity contribution in [2.24, 2.45) is 4.99 Å². The maximum absolute atomic E-state index is 7.09. The first-order chi connectivity index (χ1) is 20.5. The molecule has 0 saturated heterocycles. The Labute approximate surface area is 323 Å². The largest absolute Gasteiger partial charge is 0.660 e. The number of aliphatic imine (C=N–C) groups is 1. The van der Waals surface area contributed by atoms with E-state index in [9.17, 15) is 0 Å². The Morgan fingerprint density at radius 1 is 0.733 bits per heavy atom. The first-order valence-corrected chi connectivity index (χ1v) is 15.8. The number of halogens is 1. The van der Waals surface area contributed by atoms with Gasteiger partial charge in [0.1, 0.15) is 0 Å². The van der Waals surface area contributed by atoms with Gasteiger partial charge in [0.15, 0.2) is 0 Å². The second-order valence-electron chi connectivity index (χ2n) is 13.5. The van der Waals surface area contributed by atoms with Gasteiger partial charge < -0.3 is 5.32 Å². The molecule has 2 radical (unpaired) electrons. The zero-order valence-corrected chi connectivity index (χ0v) is 33.6. The Kier molecular flexibility index (Phi) is 10.1. The van der Waals surface area contributed by atoms with Crippen molar-refractivity contribution in [1.29, 1.82) is 0 Å². The molecule has 0 N–H and O–H groups in total. The summed E-state index contributed by atoms with van der Waals surface area (Å²) in [5.41, 5.74) is 11.5. The van der Waals surface area contributed by atoms with E-state index in [1.165, 1.54) is 54.9 Å². The van der Waals surface area contributed by atoms with Gasteiger partial charge in [-0.2, -0.15) is 0 Å². The number of hydrogen-bond donors (Lipinski definition) is 0. The average Bonchev–Trinajstić information content (AvgIpc) is 3.39. The number of hydrogen-bond acceptors (Lipinski definition) is 1. The molecule has 4 aromatic rings. The van der Waals surface area contributed by atoms with Crippen molar-refractivity contribution in [3.05, 3.63) is 134 Å². The normalized spacial score (nSPS) is 19.8. The van der Waals surface area contributed by atoms with Crippen LogP contribution < -0.4 is 0 Å². The van der Waals surface area contributed by atoms with E-state index in [0.29, 0.717) is 0 Å². The van der Waals surface area contributed by atoms with Gasteiger partial charge in [0.05, 0.1) is 11.4 Å². The molecule has 0 unspecified atom stereocenters. The molecule has 2 nitrogen and oxygen atoms in total. The molecule has 0 spiro atoms. The van der Waals surface area contributed by atoms with E-state index >= 15 is 0 Å². The molecule has 0 bridgehead atoms. The van der Waals surface area contributed by atoms with Crippen LogP contribution in [0.3, 0.4) is 0 Å². The second-order valence-corrected chi connectivity index (χ2v) is 13.9. The van der Waals surface area contributed by atoms with Crippen LogP contribution in [0.15, 0.2) is 112 Å². The minimum Gasteiger partial charge on any atom is -0.660 e. The molecule has 2 heterocycles. The zero-order valence-electron chi connectivity index (χ0n) is 27.1. The van der Waals surface area contributed by atoms with E-state index in [4.69, 9.17) is 21.9 Å². The summed E-state index contributed by atoms with van der Waals surface area (Å²) >= 11 is 7.09. The first-order valence-electron chi connectivity index (χ1n) is 15.4. The average molecular weight is 760 g/mol. The summed E-state index contributed by atoms with van der Waals surface area (Å²) in [6, 6.07) is 22.1. The molecule has 5 heteroatoms. The molecule has 7 rings (SSSR count). The molecule has 45 heavy (non-hydrogen) atoms. The monoisotopic (exact) mass is 759 g/mol. The Morgan fingerprint density at radius 2 is 1.38 bits per heavy atom. The Balaban J connectivity index is 0.00000200. The number of rotatable bonds is 3. The van der Waals surface area contributed by atoms with Gasteiger partial charge in [0, 0.05) is 75.9 Å². The predicted octanol–water partition coefficient (Wildman–Crippen LogP) is 12.0. The van der Waals surface area contributed by atoms with E-state index in [-0.39, 0.29) is 76.2 Å². The fourth-order valence-corrected chi connectivity index (χ4v) is 7.54.